The minimum absolute atomic E-state index is 0.0550. The van der Waals surface area contributed by atoms with Crippen molar-refractivity contribution in [2.75, 3.05) is 18.1 Å². The number of rotatable bonds is 4. The number of benzene rings is 1. The average Bonchev–Trinajstić information content (AvgIpc) is 2.67. The van der Waals surface area contributed by atoms with Gasteiger partial charge in [0.25, 0.3) is 0 Å². The van der Waals surface area contributed by atoms with Crippen LogP contribution in [0.1, 0.15) is 24.9 Å². The maximum atomic E-state index is 14.1. The molecular weight excluding hydrogens is 333 g/mol. The van der Waals surface area contributed by atoms with E-state index in [9.17, 15) is 12.8 Å². The summed E-state index contributed by atoms with van der Waals surface area (Å²) in [5.74, 6) is -0.0111. The molecule has 0 bridgehead atoms. The van der Waals surface area contributed by atoms with Crippen LogP contribution in [0.15, 0.2) is 22.7 Å². The highest BCUT2D eigenvalue weighted by Crippen LogP contribution is 2.33. The molecule has 2 rings (SSSR count). The summed E-state index contributed by atoms with van der Waals surface area (Å²) in [5.41, 5.74) is 0.548. The highest BCUT2D eigenvalue weighted by Gasteiger charge is 2.35. The van der Waals surface area contributed by atoms with Gasteiger partial charge in [-0.1, -0.05) is 28.9 Å². The van der Waals surface area contributed by atoms with Crippen molar-refractivity contribution in [3.8, 4) is 0 Å². The van der Waals surface area contributed by atoms with E-state index in [1.807, 2.05) is 6.92 Å². The molecule has 1 aliphatic heterocycles. The standard InChI is InChI=1S/C13H17BrFNO2S/c1-2-16-13(9-5-6-19(17,18)8-9)11-4-3-10(14)7-12(11)15/h3-4,7,9,13,16H,2,5-6,8H2,1H3. The number of hydrogen-bond donors (Lipinski definition) is 1. The van der Waals surface area contributed by atoms with Crippen LogP contribution < -0.4 is 5.32 Å². The van der Waals surface area contributed by atoms with E-state index in [1.165, 1.54) is 6.07 Å². The molecule has 0 spiro atoms. The van der Waals surface area contributed by atoms with Crippen molar-refractivity contribution in [1.82, 2.24) is 5.32 Å². The molecule has 0 aliphatic carbocycles. The second-order valence-electron chi connectivity index (χ2n) is 4.86. The molecular formula is C13H17BrFNO2S. The molecule has 1 fully saturated rings. The predicted molar refractivity (Wildman–Crippen MR) is 77.3 cm³/mol. The summed E-state index contributed by atoms with van der Waals surface area (Å²) < 4.78 is 37.9. The first-order valence-corrected chi connectivity index (χ1v) is 8.93. The summed E-state index contributed by atoms with van der Waals surface area (Å²) in [6, 6.07) is 4.68. The molecule has 2 atom stereocenters. The normalized spacial score (nSPS) is 23.4. The summed E-state index contributed by atoms with van der Waals surface area (Å²) in [5, 5.41) is 3.22. The van der Waals surface area contributed by atoms with Crippen LogP contribution in [0.5, 0.6) is 0 Å². The van der Waals surface area contributed by atoms with Crippen LogP contribution >= 0.6 is 15.9 Å². The molecule has 0 radical (unpaired) electrons. The van der Waals surface area contributed by atoms with Crippen molar-refractivity contribution in [1.29, 1.82) is 0 Å². The highest BCUT2D eigenvalue weighted by molar-refractivity contribution is 9.10. The second kappa shape index (κ2) is 5.89. The van der Waals surface area contributed by atoms with Crippen LogP contribution in [-0.2, 0) is 9.84 Å². The summed E-state index contributed by atoms with van der Waals surface area (Å²) in [4.78, 5) is 0. The van der Waals surface area contributed by atoms with Gasteiger partial charge in [0, 0.05) is 16.1 Å². The van der Waals surface area contributed by atoms with Crippen molar-refractivity contribution in [2.45, 2.75) is 19.4 Å². The van der Waals surface area contributed by atoms with Crippen LogP contribution in [-0.4, -0.2) is 26.5 Å². The third kappa shape index (κ3) is 3.55. The Hall–Kier alpha value is -0.460. The third-order valence-electron chi connectivity index (χ3n) is 3.46. The van der Waals surface area contributed by atoms with Gasteiger partial charge in [-0.2, -0.15) is 0 Å². The lowest BCUT2D eigenvalue weighted by atomic mass is 9.92. The first kappa shape index (κ1) is 14.9. The van der Waals surface area contributed by atoms with Gasteiger partial charge in [-0.3, -0.25) is 0 Å². The molecule has 1 aromatic carbocycles. The Morgan fingerprint density at radius 2 is 2.26 bits per heavy atom. The van der Waals surface area contributed by atoms with Gasteiger partial charge in [0.1, 0.15) is 5.82 Å². The monoisotopic (exact) mass is 349 g/mol. The molecule has 1 heterocycles. The first-order valence-electron chi connectivity index (χ1n) is 6.31. The molecule has 1 saturated heterocycles. The SMILES string of the molecule is CCNC(c1ccc(Br)cc1F)C1CCS(=O)(=O)C1. The van der Waals surface area contributed by atoms with Crippen LogP contribution in [0.25, 0.3) is 0 Å². The smallest absolute Gasteiger partial charge is 0.150 e. The van der Waals surface area contributed by atoms with Crippen molar-refractivity contribution in [3.63, 3.8) is 0 Å². The van der Waals surface area contributed by atoms with E-state index in [4.69, 9.17) is 0 Å². The predicted octanol–water partition coefficient (Wildman–Crippen LogP) is 2.67. The zero-order valence-corrected chi connectivity index (χ0v) is 13.1. The van der Waals surface area contributed by atoms with Gasteiger partial charge in [-0.05, 0) is 31.0 Å². The summed E-state index contributed by atoms with van der Waals surface area (Å²) in [6.45, 7) is 2.62. The van der Waals surface area contributed by atoms with Gasteiger partial charge in [-0.15, -0.1) is 0 Å². The summed E-state index contributed by atoms with van der Waals surface area (Å²) in [6.07, 6.45) is 0.593. The lowest BCUT2D eigenvalue weighted by Crippen LogP contribution is -2.29. The molecule has 1 aromatic rings. The lowest BCUT2D eigenvalue weighted by Gasteiger charge is -2.24. The van der Waals surface area contributed by atoms with E-state index in [-0.39, 0.29) is 29.3 Å². The Bertz CT molecular complexity index is 562. The van der Waals surface area contributed by atoms with Gasteiger partial charge in [0.15, 0.2) is 9.84 Å². The van der Waals surface area contributed by atoms with E-state index < -0.39 is 9.84 Å². The first-order chi connectivity index (χ1) is 8.93. The zero-order valence-electron chi connectivity index (χ0n) is 10.7. The molecule has 2 unspecified atom stereocenters. The lowest BCUT2D eigenvalue weighted by molar-refractivity contribution is 0.387. The van der Waals surface area contributed by atoms with Gasteiger partial charge in [0.2, 0.25) is 0 Å². The van der Waals surface area contributed by atoms with E-state index in [2.05, 4.69) is 21.2 Å². The topological polar surface area (TPSA) is 46.2 Å². The molecule has 19 heavy (non-hydrogen) atoms. The number of sulfone groups is 1. The summed E-state index contributed by atoms with van der Waals surface area (Å²) in [7, 11) is -2.96. The van der Waals surface area contributed by atoms with Crippen LogP contribution in [0.3, 0.4) is 0 Å². The quantitative estimate of drug-likeness (QED) is 0.908. The zero-order chi connectivity index (χ0) is 14.0. The third-order valence-corrected chi connectivity index (χ3v) is 5.75. The van der Waals surface area contributed by atoms with E-state index >= 15 is 0 Å². The summed E-state index contributed by atoms with van der Waals surface area (Å²) >= 11 is 3.23. The Kier molecular flexibility index (Phi) is 4.63. The molecule has 6 heteroatoms. The van der Waals surface area contributed by atoms with Gasteiger partial charge >= 0.3 is 0 Å². The largest absolute Gasteiger partial charge is 0.310 e. The maximum absolute atomic E-state index is 14.1. The minimum Gasteiger partial charge on any atom is -0.310 e. The maximum Gasteiger partial charge on any atom is 0.150 e. The minimum atomic E-state index is -2.96. The highest BCUT2D eigenvalue weighted by atomic mass is 79.9. The van der Waals surface area contributed by atoms with Crippen LogP contribution in [0.2, 0.25) is 0 Å². The fourth-order valence-electron chi connectivity index (χ4n) is 2.59. The molecule has 0 amide bonds. The molecule has 106 valence electrons. The fourth-order valence-corrected chi connectivity index (χ4v) is 4.76. The van der Waals surface area contributed by atoms with Crippen molar-refractivity contribution in [2.24, 2.45) is 5.92 Å². The van der Waals surface area contributed by atoms with Crippen LogP contribution in [0, 0.1) is 11.7 Å². The fraction of sp³-hybridized carbons (Fsp3) is 0.538. The molecule has 1 aliphatic rings. The number of halogens is 2. The van der Waals surface area contributed by atoms with Gasteiger partial charge < -0.3 is 5.32 Å². The number of hydrogen-bond acceptors (Lipinski definition) is 3. The van der Waals surface area contributed by atoms with Gasteiger partial charge in [-0.25, -0.2) is 12.8 Å². The Labute approximate surface area is 121 Å². The van der Waals surface area contributed by atoms with E-state index in [0.29, 0.717) is 23.0 Å². The Morgan fingerprint density at radius 3 is 2.79 bits per heavy atom. The van der Waals surface area contributed by atoms with Crippen molar-refractivity contribution >= 4 is 25.8 Å². The molecule has 0 saturated carbocycles. The van der Waals surface area contributed by atoms with Crippen molar-refractivity contribution < 1.29 is 12.8 Å². The van der Waals surface area contributed by atoms with Gasteiger partial charge in [0.05, 0.1) is 11.5 Å². The van der Waals surface area contributed by atoms with E-state index in [1.54, 1.807) is 12.1 Å². The van der Waals surface area contributed by atoms with Crippen molar-refractivity contribution in [3.05, 3.63) is 34.1 Å². The molecule has 3 nitrogen and oxygen atoms in total. The van der Waals surface area contributed by atoms with Crippen LogP contribution in [0.4, 0.5) is 4.39 Å². The second-order valence-corrected chi connectivity index (χ2v) is 8.01. The number of nitrogens with one attached hydrogen (secondary N) is 1. The Morgan fingerprint density at radius 1 is 1.53 bits per heavy atom. The average molecular weight is 350 g/mol. The molecule has 0 aromatic heterocycles. The molecule has 1 N–H and O–H groups in total. The van der Waals surface area contributed by atoms with E-state index in [0.717, 1.165) is 0 Å². The Balaban J connectivity index is 2.30.